The van der Waals surface area contributed by atoms with Crippen molar-refractivity contribution in [2.45, 2.75) is 0 Å². The number of nitrogens with two attached hydrogens (primary N) is 1. The highest BCUT2D eigenvalue weighted by Crippen LogP contribution is 2.34. The zero-order chi connectivity index (χ0) is 8.43. The zero-order valence-corrected chi connectivity index (χ0v) is 7.54. The van der Waals surface area contributed by atoms with Gasteiger partial charge in [0, 0.05) is 11.1 Å². The summed E-state index contributed by atoms with van der Waals surface area (Å²) < 4.78 is 0. The number of hydrogen-bond donors (Lipinski definition) is 1. The Hall–Kier alpha value is -0.150. The van der Waals surface area contributed by atoms with Crippen molar-refractivity contribution in [1.82, 2.24) is 0 Å². The first-order valence-electron chi connectivity index (χ1n) is 2.66. The Labute approximate surface area is 78.7 Å². The molecule has 11 heavy (non-hydrogen) atoms. The molecule has 1 aromatic carbocycles. The van der Waals surface area contributed by atoms with Gasteiger partial charge >= 0.3 is 0 Å². The third kappa shape index (κ3) is 1.91. The van der Waals surface area contributed by atoms with Gasteiger partial charge in [0.2, 0.25) is 0 Å². The summed E-state index contributed by atoms with van der Waals surface area (Å²) in [5.74, 6) is 5.15. The van der Waals surface area contributed by atoms with Gasteiger partial charge in [-0.05, 0) is 6.07 Å². The van der Waals surface area contributed by atoms with Gasteiger partial charge in [-0.3, -0.25) is 0 Å². The van der Waals surface area contributed by atoms with E-state index in [4.69, 9.17) is 40.7 Å². The van der Waals surface area contributed by atoms with E-state index in [1.165, 1.54) is 12.1 Å². The molecule has 0 radical (unpaired) electrons. The van der Waals surface area contributed by atoms with Gasteiger partial charge in [0.1, 0.15) is 5.02 Å². The summed E-state index contributed by atoms with van der Waals surface area (Å²) in [5.41, 5.74) is 0. The number of rotatable bonds is 1. The summed E-state index contributed by atoms with van der Waals surface area (Å²) in [6.07, 6.45) is 0. The van der Waals surface area contributed by atoms with E-state index in [2.05, 4.69) is 4.84 Å². The molecular formula is C6H4Cl3NO. The van der Waals surface area contributed by atoms with E-state index >= 15 is 0 Å². The van der Waals surface area contributed by atoms with Crippen LogP contribution in [0.15, 0.2) is 12.1 Å². The van der Waals surface area contributed by atoms with Crippen molar-refractivity contribution in [3.63, 3.8) is 0 Å². The lowest BCUT2D eigenvalue weighted by molar-refractivity contribution is 0.335. The van der Waals surface area contributed by atoms with Crippen molar-refractivity contribution < 1.29 is 4.84 Å². The van der Waals surface area contributed by atoms with Crippen LogP contribution < -0.4 is 10.7 Å². The van der Waals surface area contributed by atoms with Gasteiger partial charge in [-0.2, -0.15) is 5.90 Å². The Balaban J connectivity index is 3.24. The smallest absolute Gasteiger partial charge is 0.168 e. The largest absolute Gasteiger partial charge is 0.410 e. The van der Waals surface area contributed by atoms with Gasteiger partial charge in [-0.15, -0.1) is 0 Å². The SMILES string of the molecule is NOc1cc(Cl)cc(Cl)c1Cl. The van der Waals surface area contributed by atoms with Gasteiger partial charge in [0.15, 0.2) is 5.75 Å². The van der Waals surface area contributed by atoms with Crippen LogP contribution in [-0.4, -0.2) is 0 Å². The first-order valence-corrected chi connectivity index (χ1v) is 3.80. The van der Waals surface area contributed by atoms with Crippen molar-refractivity contribution in [3.05, 3.63) is 27.2 Å². The fourth-order valence-electron chi connectivity index (χ4n) is 0.618. The lowest BCUT2D eigenvalue weighted by Gasteiger charge is -2.02. The summed E-state index contributed by atoms with van der Waals surface area (Å²) >= 11 is 16.9. The molecule has 1 aromatic rings. The van der Waals surface area contributed by atoms with Crippen molar-refractivity contribution >= 4 is 34.8 Å². The molecule has 1 rings (SSSR count). The van der Waals surface area contributed by atoms with E-state index < -0.39 is 0 Å². The Morgan fingerprint density at radius 1 is 1.18 bits per heavy atom. The fourth-order valence-corrected chi connectivity index (χ4v) is 1.25. The molecule has 0 aliphatic heterocycles. The monoisotopic (exact) mass is 211 g/mol. The highest BCUT2D eigenvalue weighted by atomic mass is 35.5. The second kappa shape index (κ2) is 3.50. The van der Waals surface area contributed by atoms with Crippen molar-refractivity contribution in [2.75, 3.05) is 0 Å². The molecule has 0 bridgehead atoms. The zero-order valence-electron chi connectivity index (χ0n) is 5.27. The maximum atomic E-state index is 5.67. The number of halogens is 3. The molecule has 0 aromatic heterocycles. The molecule has 2 nitrogen and oxygen atoms in total. The Kier molecular flexibility index (Phi) is 2.84. The molecule has 5 heteroatoms. The highest BCUT2D eigenvalue weighted by molar-refractivity contribution is 6.44. The normalized spacial score (nSPS) is 9.82. The van der Waals surface area contributed by atoms with Gasteiger partial charge in [0.25, 0.3) is 0 Å². The molecule has 0 amide bonds. The first kappa shape index (κ1) is 8.94. The minimum Gasteiger partial charge on any atom is -0.410 e. The first-order chi connectivity index (χ1) is 5.15. The molecule has 60 valence electrons. The predicted octanol–water partition coefficient (Wildman–Crippen LogP) is 2.90. The Morgan fingerprint density at radius 3 is 2.36 bits per heavy atom. The minimum absolute atomic E-state index is 0.263. The average Bonchev–Trinajstić information content (AvgIpc) is 1.96. The van der Waals surface area contributed by atoms with E-state index in [0.717, 1.165) is 0 Å². The van der Waals surface area contributed by atoms with Crippen LogP contribution in [-0.2, 0) is 0 Å². The van der Waals surface area contributed by atoms with Crippen molar-refractivity contribution in [1.29, 1.82) is 0 Å². The van der Waals surface area contributed by atoms with Crippen LogP contribution in [0.5, 0.6) is 5.75 Å². The van der Waals surface area contributed by atoms with Crippen LogP contribution in [0, 0.1) is 0 Å². The van der Waals surface area contributed by atoms with Gasteiger partial charge < -0.3 is 4.84 Å². The van der Waals surface area contributed by atoms with Gasteiger partial charge in [0.05, 0.1) is 5.02 Å². The fraction of sp³-hybridized carbons (Fsp3) is 0. The van der Waals surface area contributed by atoms with Crippen LogP contribution >= 0.6 is 34.8 Å². The second-order valence-electron chi connectivity index (χ2n) is 1.82. The van der Waals surface area contributed by atoms with E-state index in [1.807, 2.05) is 0 Å². The molecule has 0 aliphatic rings. The predicted molar refractivity (Wildman–Crippen MR) is 46.3 cm³/mol. The Morgan fingerprint density at radius 2 is 1.82 bits per heavy atom. The quantitative estimate of drug-likeness (QED) is 0.574. The summed E-state index contributed by atoms with van der Waals surface area (Å²) in [7, 11) is 0. The molecule has 0 aliphatic carbocycles. The van der Waals surface area contributed by atoms with Crippen LogP contribution in [0.1, 0.15) is 0 Å². The molecule has 0 saturated heterocycles. The van der Waals surface area contributed by atoms with Gasteiger partial charge in [-0.25, -0.2) is 0 Å². The van der Waals surface area contributed by atoms with E-state index in [-0.39, 0.29) is 10.8 Å². The molecule has 0 unspecified atom stereocenters. The highest BCUT2D eigenvalue weighted by Gasteiger charge is 2.06. The molecule has 0 fully saturated rings. The summed E-state index contributed by atoms with van der Waals surface area (Å²) in [6.45, 7) is 0. The minimum atomic E-state index is 0.263. The molecule has 0 heterocycles. The van der Waals surface area contributed by atoms with Crippen LogP contribution in [0.3, 0.4) is 0 Å². The van der Waals surface area contributed by atoms with Crippen LogP contribution in [0.25, 0.3) is 0 Å². The van der Waals surface area contributed by atoms with Crippen molar-refractivity contribution in [3.8, 4) is 5.75 Å². The number of hydrogen-bond acceptors (Lipinski definition) is 2. The standard InChI is InChI=1S/C6H4Cl3NO/c7-3-1-4(8)6(9)5(2-3)11-10/h1-2H,10H2. The lowest BCUT2D eigenvalue weighted by atomic mass is 10.3. The van der Waals surface area contributed by atoms with E-state index in [9.17, 15) is 0 Å². The van der Waals surface area contributed by atoms with Crippen LogP contribution in [0.2, 0.25) is 15.1 Å². The lowest BCUT2D eigenvalue weighted by Crippen LogP contribution is -2.02. The van der Waals surface area contributed by atoms with E-state index in [1.54, 1.807) is 0 Å². The maximum absolute atomic E-state index is 5.67. The second-order valence-corrected chi connectivity index (χ2v) is 3.04. The molecular weight excluding hydrogens is 208 g/mol. The van der Waals surface area contributed by atoms with Crippen molar-refractivity contribution in [2.24, 2.45) is 5.90 Å². The maximum Gasteiger partial charge on any atom is 0.168 e. The summed E-state index contributed by atoms with van der Waals surface area (Å²) in [4.78, 5) is 4.41. The van der Waals surface area contributed by atoms with Gasteiger partial charge in [-0.1, -0.05) is 34.8 Å². The topological polar surface area (TPSA) is 35.2 Å². The molecule has 2 N–H and O–H groups in total. The van der Waals surface area contributed by atoms with Crippen LogP contribution in [0.4, 0.5) is 0 Å². The summed E-state index contributed by atoms with van der Waals surface area (Å²) in [5, 5.41) is 1.01. The summed E-state index contributed by atoms with van der Waals surface area (Å²) in [6, 6.07) is 2.99. The molecule has 0 atom stereocenters. The third-order valence-electron chi connectivity index (χ3n) is 1.09. The molecule has 0 spiro atoms. The third-order valence-corrected chi connectivity index (χ3v) is 2.09. The molecule has 0 saturated carbocycles. The average molecular weight is 212 g/mol. The number of benzene rings is 1. The van der Waals surface area contributed by atoms with E-state index in [0.29, 0.717) is 10.0 Å². The Bertz CT molecular complexity index is 277.